The molecule has 2 aromatic heterocycles. The van der Waals surface area contributed by atoms with E-state index in [-0.39, 0.29) is 40.7 Å². The minimum Gasteiger partial charge on any atom is -0.850 e. The fraction of sp³-hybridized carbons (Fsp3) is 0.538. The number of benzene rings is 2. The molecule has 3 heterocycles. The van der Waals surface area contributed by atoms with Crippen LogP contribution in [0.2, 0.25) is 51.4 Å². The number of halogens is 2. The summed E-state index contributed by atoms with van der Waals surface area (Å²) < 4.78 is 19.1. The molecule has 0 atom stereocenters. The van der Waals surface area contributed by atoms with Gasteiger partial charge in [0, 0.05) is 70.5 Å². The Balaban J connectivity index is 0.000000693. The summed E-state index contributed by atoms with van der Waals surface area (Å²) in [7, 11) is -1.90. The number of hydrogen-bond donors (Lipinski definition) is 1. The van der Waals surface area contributed by atoms with Crippen molar-refractivity contribution in [1.29, 1.82) is 0 Å². The first-order valence-corrected chi connectivity index (χ1v) is 26.7. The van der Waals surface area contributed by atoms with Crippen LogP contribution in [0, 0.1) is 0 Å². The number of fused-ring (bicyclic) bond motifs is 2. The van der Waals surface area contributed by atoms with Gasteiger partial charge in [0.15, 0.2) is 0 Å². The van der Waals surface area contributed by atoms with Gasteiger partial charge in [-0.25, -0.2) is 0 Å². The van der Waals surface area contributed by atoms with Gasteiger partial charge in [-0.2, -0.15) is 0 Å². The third-order valence-corrected chi connectivity index (χ3v) is 11.7. The number of aromatic nitrogens is 2. The smallest absolute Gasteiger partial charge is 0.850 e. The van der Waals surface area contributed by atoms with Crippen molar-refractivity contribution >= 4 is 69.6 Å². The van der Waals surface area contributed by atoms with Gasteiger partial charge in [-0.15, -0.1) is 5.60 Å². The van der Waals surface area contributed by atoms with Crippen LogP contribution in [0.25, 0.3) is 21.5 Å². The van der Waals surface area contributed by atoms with E-state index in [1.54, 1.807) is 37.7 Å². The average molecular weight is 893 g/mol. The van der Waals surface area contributed by atoms with E-state index >= 15 is 0 Å². The summed E-state index contributed by atoms with van der Waals surface area (Å²) >= 11 is 6.77. The largest absolute Gasteiger partial charge is 1.00 e. The predicted octanol–water partition coefficient (Wildman–Crippen LogP) is 6.67. The second-order valence-electron chi connectivity index (χ2n) is 15.6. The molecule has 286 valence electrons. The van der Waals surface area contributed by atoms with Crippen LogP contribution in [0.5, 0.6) is 0 Å². The van der Waals surface area contributed by atoms with Gasteiger partial charge in [0.2, 0.25) is 0 Å². The SMILES string of the molecule is C1CCOC1.CC(C)(C)[O-].CCOCC[Si](C)(C)C.C[Si](C)(C)CCOCn1ccc2cccc(Br)c2c1=O.O=c1[nH]ccc2cccc(Br)c12.[Na+]. The monoisotopic (exact) mass is 890 g/mol. The Kier molecular flexibility index (Phi) is 25.6. The molecule has 1 aliphatic rings. The molecular formula is C39H61Br2N2NaO6Si2. The van der Waals surface area contributed by atoms with E-state index in [0.717, 1.165) is 58.8 Å². The number of rotatable bonds is 9. The van der Waals surface area contributed by atoms with Gasteiger partial charge in [0.1, 0.15) is 6.73 Å². The molecular weight excluding hydrogens is 831 g/mol. The van der Waals surface area contributed by atoms with Crippen LogP contribution in [0.15, 0.2) is 79.5 Å². The fourth-order valence-electron chi connectivity index (χ4n) is 4.16. The second kappa shape index (κ2) is 26.0. The molecule has 5 rings (SSSR count). The Labute approximate surface area is 353 Å². The molecule has 1 saturated heterocycles. The van der Waals surface area contributed by atoms with E-state index < -0.39 is 21.7 Å². The molecule has 0 radical (unpaired) electrons. The summed E-state index contributed by atoms with van der Waals surface area (Å²) in [4.78, 5) is 26.3. The third-order valence-electron chi connectivity index (χ3n) is 6.96. The van der Waals surface area contributed by atoms with Crippen LogP contribution < -0.4 is 45.8 Å². The van der Waals surface area contributed by atoms with Crippen molar-refractivity contribution in [2.24, 2.45) is 0 Å². The molecule has 1 N–H and O–H groups in total. The molecule has 52 heavy (non-hydrogen) atoms. The predicted molar refractivity (Wildman–Crippen MR) is 227 cm³/mol. The molecule has 0 unspecified atom stereocenters. The molecule has 0 bridgehead atoms. The molecule has 4 aromatic rings. The number of ether oxygens (including phenoxy) is 3. The van der Waals surface area contributed by atoms with E-state index in [0.29, 0.717) is 17.5 Å². The summed E-state index contributed by atoms with van der Waals surface area (Å²) in [5.41, 5.74) is -0.817. The van der Waals surface area contributed by atoms with Crippen LogP contribution in [0.1, 0.15) is 40.5 Å². The number of nitrogens with one attached hydrogen (secondary N) is 1. The maximum Gasteiger partial charge on any atom is 1.00 e. The zero-order valence-electron chi connectivity index (χ0n) is 33.5. The summed E-state index contributed by atoms with van der Waals surface area (Å²) in [6, 6.07) is 17.7. The number of H-pyrrole nitrogens is 1. The van der Waals surface area contributed by atoms with Crippen molar-refractivity contribution in [3.8, 4) is 0 Å². The molecule has 1 fully saturated rings. The van der Waals surface area contributed by atoms with Gasteiger partial charge in [-0.05, 0) is 98.8 Å². The Morgan fingerprint density at radius 2 is 1.29 bits per heavy atom. The van der Waals surface area contributed by atoms with Crippen LogP contribution in [0.4, 0.5) is 0 Å². The number of aromatic amines is 1. The van der Waals surface area contributed by atoms with Crippen molar-refractivity contribution in [2.45, 2.75) is 104 Å². The van der Waals surface area contributed by atoms with Gasteiger partial charge >= 0.3 is 29.6 Å². The number of hydrogen-bond acceptors (Lipinski definition) is 6. The first kappa shape index (κ1) is 51.1. The Morgan fingerprint density at radius 3 is 1.73 bits per heavy atom. The number of nitrogens with zero attached hydrogens (tertiary/aromatic N) is 1. The zero-order valence-corrected chi connectivity index (χ0v) is 40.7. The molecule has 0 amide bonds. The number of pyridine rings is 2. The van der Waals surface area contributed by atoms with Gasteiger partial charge in [0.05, 0.1) is 10.8 Å². The van der Waals surface area contributed by atoms with Gasteiger partial charge in [0.25, 0.3) is 11.1 Å². The summed E-state index contributed by atoms with van der Waals surface area (Å²) in [5.74, 6) is 0. The Morgan fingerprint density at radius 1 is 0.808 bits per heavy atom. The van der Waals surface area contributed by atoms with E-state index in [1.165, 1.54) is 18.9 Å². The van der Waals surface area contributed by atoms with Crippen molar-refractivity contribution < 1.29 is 48.9 Å². The molecule has 0 saturated carbocycles. The van der Waals surface area contributed by atoms with Crippen LogP contribution in [0.3, 0.4) is 0 Å². The van der Waals surface area contributed by atoms with Crippen LogP contribution in [-0.2, 0) is 20.9 Å². The molecule has 13 heteroatoms. The maximum atomic E-state index is 12.4. The van der Waals surface area contributed by atoms with Crippen molar-refractivity contribution in [1.82, 2.24) is 9.55 Å². The molecule has 8 nitrogen and oxygen atoms in total. The van der Waals surface area contributed by atoms with Gasteiger partial charge < -0.3 is 24.3 Å². The summed E-state index contributed by atoms with van der Waals surface area (Å²) in [5, 5.41) is 13.4. The molecule has 2 aromatic carbocycles. The average Bonchev–Trinajstić information content (AvgIpc) is 3.60. The summed E-state index contributed by atoms with van der Waals surface area (Å²) in [6.07, 6.45) is 6.00. The normalized spacial score (nSPS) is 12.6. The first-order chi connectivity index (χ1) is 23.7. The van der Waals surface area contributed by atoms with E-state index in [9.17, 15) is 14.7 Å². The standard InChI is InChI=1S/C15H20BrNO2Si.C9H6BrNO.C7H18OSi.C4H8O.C4H9O.Na/c1-20(2,3)10-9-19-11-17-8-7-12-5-4-6-13(16)14(12)15(17)18;10-7-3-1-2-6-4-5-11-9(12)8(6)7;1-5-8-6-7-9(2,3)4;1-2-4-5-3-1;1-4(2,3)5;/h4-8H,9-11H2,1-3H3;1-5H,(H,11,12);5-7H2,1-4H3;1-4H2;1-3H3;/q;;;;-1;+1. The maximum absolute atomic E-state index is 12.4. The van der Waals surface area contributed by atoms with E-state index in [4.69, 9.17) is 14.2 Å². The minimum absolute atomic E-state index is 0. The van der Waals surface area contributed by atoms with Crippen LogP contribution in [-0.4, -0.2) is 64.3 Å². The first-order valence-electron chi connectivity index (χ1n) is 17.7. The van der Waals surface area contributed by atoms with Crippen molar-refractivity contribution in [3.05, 3.63) is 90.6 Å². The van der Waals surface area contributed by atoms with E-state index in [1.807, 2.05) is 55.5 Å². The fourth-order valence-corrected chi connectivity index (χ4v) is 6.79. The molecule has 0 aliphatic carbocycles. The van der Waals surface area contributed by atoms with E-state index in [2.05, 4.69) is 76.1 Å². The Bertz CT molecular complexity index is 1680. The summed E-state index contributed by atoms with van der Waals surface area (Å²) in [6.45, 7) is 25.9. The third kappa shape index (κ3) is 23.8. The van der Waals surface area contributed by atoms with Crippen molar-refractivity contribution in [2.75, 3.05) is 33.0 Å². The minimum atomic E-state index is -1.08. The van der Waals surface area contributed by atoms with Crippen molar-refractivity contribution in [3.63, 3.8) is 0 Å². The zero-order chi connectivity index (χ0) is 38.7. The molecule has 0 spiro atoms. The topological polar surface area (TPSA) is 106 Å². The quantitative estimate of drug-likeness (QED) is 0.149. The Hall–Kier alpha value is -0.906. The van der Waals surface area contributed by atoms with Gasteiger partial charge in [-0.1, -0.05) is 84.3 Å². The second-order valence-corrected chi connectivity index (χ2v) is 28.5. The van der Waals surface area contributed by atoms with Gasteiger partial charge in [-0.3, -0.25) is 14.2 Å². The van der Waals surface area contributed by atoms with Crippen LogP contribution >= 0.6 is 31.9 Å². The molecule has 1 aliphatic heterocycles.